The highest BCUT2D eigenvalue weighted by Crippen LogP contribution is 2.12. The molecule has 2 aromatic heterocycles. The summed E-state index contributed by atoms with van der Waals surface area (Å²) >= 11 is 5.94. The standard InChI is InChI=1S/C17H17ClN4O/c1-12(13-5-3-2-4-6-13)20-17(23)19-9-15-11-22-10-14(18)7-8-16(22)21-15/h2-8,10-12H,9H2,1H3,(H2,19,20,23)/t12-/m0/s1. The summed E-state index contributed by atoms with van der Waals surface area (Å²) in [5.74, 6) is 0. The summed E-state index contributed by atoms with van der Waals surface area (Å²) in [6.45, 7) is 2.30. The average Bonchev–Trinajstić information content (AvgIpc) is 2.95. The van der Waals surface area contributed by atoms with Crippen LogP contribution in [0.3, 0.4) is 0 Å². The van der Waals surface area contributed by atoms with Crippen molar-refractivity contribution in [3.05, 3.63) is 71.1 Å². The van der Waals surface area contributed by atoms with Gasteiger partial charge in [0.05, 0.1) is 23.3 Å². The van der Waals surface area contributed by atoms with E-state index < -0.39 is 0 Å². The Labute approximate surface area is 139 Å². The van der Waals surface area contributed by atoms with Gasteiger partial charge in [0.25, 0.3) is 0 Å². The Kier molecular flexibility index (Phi) is 4.48. The van der Waals surface area contributed by atoms with Crippen LogP contribution in [-0.2, 0) is 6.54 Å². The number of aromatic nitrogens is 2. The molecule has 0 radical (unpaired) electrons. The number of carbonyl (C=O) groups excluding carboxylic acids is 1. The number of halogens is 1. The average molecular weight is 329 g/mol. The van der Waals surface area contributed by atoms with Crippen molar-refractivity contribution in [1.29, 1.82) is 0 Å². The first kappa shape index (κ1) is 15.4. The van der Waals surface area contributed by atoms with Gasteiger partial charge in [0.1, 0.15) is 5.65 Å². The number of pyridine rings is 1. The maximum absolute atomic E-state index is 12.0. The highest BCUT2D eigenvalue weighted by Gasteiger charge is 2.09. The molecule has 0 aliphatic rings. The molecule has 0 spiro atoms. The van der Waals surface area contributed by atoms with Gasteiger partial charge in [-0.2, -0.15) is 0 Å². The molecule has 3 aromatic rings. The van der Waals surface area contributed by atoms with Crippen LogP contribution in [0.5, 0.6) is 0 Å². The van der Waals surface area contributed by atoms with Gasteiger partial charge in [-0.3, -0.25) is 0 Å². The topological polar surface area (TPSA) is 58.4 Å². The van der Waals surface area contributed by atoms with Gasteiger partial charge in [0, 0.05) is 12.4 Å². The van der Waals surface area contributed by atoms with E-state index in [1.165, 1.54) is 0 Å². The highest BCUT2D eigenvalue weighted by atomic mass is 35.5. The van der Waals surface area contributed by atoms with Gasteiger partial charge in [-0.25, -0.2) is 9.78 Å². The van der Waals surface area contributed by atoms with Crippen molar-refractivity contribution in [3.8, 4) is 0 Å². The first-order valence-corrected chi connectivity index (χ1v) is 7.72. The van der Waals surface area contributed by atoms with Crippen LogP contribution < -0.4 is 10.6 Å². The molecule has 6 heteroatoms. The van der Waals surface area contributed by atoms with Gasteiger partial charge in [-0.15, -0.1) is 0 Å². The number of amides is 2. The number of hydrogen-bond donors (Lipinski definition) is 2. The lowest BCUT2D eigenvalue weighted by Crippen LogP contribution is -2.36. The highest BCUT2D eigenvalue weighted by molar-refractivity contribution is 6.30. The second-order valence-corrected chi connectivity index (χ2v) is 5.74. The molecule has 0 bridgehead atoms. The summed E-state index contributed by atoms with van der Waals surface area (Å²) in [6.07, 6.45) is 3.63. The van der Waals surface area contributed by atoms with Crippen LogP contribution in [0.1, 0.15) is 24.2 Å². The quantitative estimate of drug-likeness (QED) is 0.769. The van der Waals surface area contributed by atoms with Crippen molar-refractivity contribution < 1.29 is 4.79 Å². The third-order valence-corrected chi connectivity index (χ3v) is 3.77. The Morgan fingerprint density at radius 3 is 2.78 bits per heavy atom. The molecule has 0 saturated carbocycles. The summed E-state index contributed by atoms with van der Waals surface area (Å²) in [4.78, 5) is 16.4. The van der Waals surface area contributed by atoms with Crippen molar-refractivity contribution in [2.75, 3.05) is 0 Å². The minimum Gasteiger partial charge on any atom is -0.332 e. The van der Waals surface area contributed by atoms with E-state index >= 15 is 0 Å². The monoisotopic (exact) mass is 328 g/mol. The molecule has 2 heterocycles. The molecule has 0 unspecified atom stereocenters. The number of carbonyl (C=O) groups is 1. The van der Waals surface area contributed by atoms with Gasteiger partial charge in [-0.1, -0.05) is 41.9 Å². The molecule has 0 saturated heterocycles. The Bertz CT molecular complexity index is 816. The zero-order chi connectivity index (χ0) is 16.2. The lowest BCUT2D eigenvalue weighted by atomic mass is 10.1. The van der Waals surface area contributed by atoms with E-state index in [2.05, 4.69) is 15.6 Å². The molecule has 5 nitrogen and oxygen atoms in total. The van der Waals surface area contributed by atoms with Crippen molar-refractivity contribution in [2.24, 2.45) is 0 Å². The van der Waals surface area contributed by atoms with Crippen LogP contribution in [0.15, 0.2) is 54.9 Å². The fraction of sp³-hybridized carbons (Fsp3) is 0.176. The number of fused-ring (bicyclic) bond motifs is 1. The summed E-state index contributed by atoms with van der Waals surface area (Å²) < 4.78 is 1.84. The SMILES string of the molecule is C[C@H](NC(=O)NCc1cn2cc(Cl)ccc2n1)c1ccccc1. The third kappa shape index (κ3) is 3.81. The van der Waals surface area contributed by atoms with E-state index in [0.29, 0.717) is 11.6 Å². The van der Waals surface area contributed by atoms with Gasteiger partial charge in [0.15, 0.2) is 0 Å². The van der Waals surface area contributed by atoms with Crippen molar-refractivity contribution in [3.63, 3.8) is 0 Å². The van der Waals surface area contributed by atoms with Crippen LogP contribution in [0, 0.1) is 0 Å². The van der Waals surface area contributed by atoms with Crippen molar-refractivity contribution in [2.45, 2.75) is 19.5 Å². The fourth-order valence-corrected chi connectivity index (χ4v) is 2.51. The number of benzene rings is 1. The maximum Gasteiger partial charge on any atom is 0.315 e. The van der Waals surface area contributed by atoms with Gasteiger partial charge in [-0.05, 0) is 24.6 Å². The Hall–Kier alpha value is -2.53. The fourth-order valence-electron chi connectivity index (χ4n) is 2.35. The first-order chi connectivity index (χ1) is 11.1. The maximum atomic E-state index is 12.0. The molecule has 1 aromatic carbocycles. The second kappa shape index (κ2) is 6.71. The number of hydrogen-bond acceptors (Lipinski definition) is 2. The van der Waals surface area contributed by atoms with E-state index in [-0.39, 0.29) is 12.1 Å². The lowest BCUT2D eigenvalue weighted by Gasteiger charge is -2.14. The third-order valence-electron chi connectivity index (χ3n) is 3.54. The summed E-state index contributed by atoms with van der Waals surface area (Å²) in [5, 5.41) is 6.36. The molecule has 0 fully saturated rings. The normalized spacial score (nSPS) is 12.1. The van der Waals surface area contributed by atoms with Crippen molar-refractivity contribution in [1.82, 2.24) is 20.0 Å². The summed E-state index contributed by atoms with van der Waals surface area (Å²) in [7, 11) is 0. The zero-order valence-corrected chi connectivity index (χ0v) is 13.4. The smallest absolute Gasteiger partial charge is 0.315 e. The van der Waals surface area contributed by atoms with E-state index in [1.807, 2.05) is 53.9 Å². The lowest BCUT2D eigenvalue weighted by molar-refractivity contribution is 0.237. The Balaban J connectivity index is 1.57. The molecule has 0 aliphatic heterocycles. The Morgan fingerprint density at radius 1 is 1.22 bits per heavy atom. The molecular formula is C17H17ClN4O. The summed E-state index contributed by atoms with van der Waals surface area (Å²) in [5.41, 5.74) is 2.63. The number of rotatable bonds is 4. The van der Waals surface area contributed by atoms with Gasteiger partial charge < -0.3 is 15.0 Å². The van der Waals surface area contributed by atoms with Gasteiger partial charge >= 0.3 is 6.03 Å². The second-order valence-electron chi connectivity index (χ2n) is 5.30. The van der Waals surface area contributed by atoms with E-state index in [9.17, 15) is 4.79 Å². The predicted molar refractivity (Wildman–Crippen MR) is 90.4 cm³/mol. The van der Waals surface area contributed by atoms with Crippen LogP contribution in [0.4, 0.5) is 4.79 Å². The van der Waals surface area contributed by atoms with Crippen molar-refractivity contribution >= 4 is 23.3 Å². The molecule has 1 atom stereocenters. The predicted octanol–water partition coefficient (Wildman–Crippen LogP) is 3.55. The number of urea groups is 1. The molecular weight excluding hydrogens is 312 g/mol. The molecule has 0 aliphatic carbocycles. The van der Waals surface area contributed by atoms with Gasteiger partial charge in [0.2, 0.25) is 0 Å². The minimum atomic E-state index is -0.226. The van der Waals surface area contributed by atoms with E-state index in [4.69, 9.17) is 11.6 Å². The number of nitrogens with one attached hydrogen (secondary N) is 2. The van der Waals surface area contributed by atoms with Crippen LogP contribution in [-0.4, -0.2) is 15.4 Å². The Morgan fingerprint density at radius 2 is 2.00 bits per heavy atom. The molecule has 3 rings (SSSR count). The van der Waals surface area contributed by atoms with Crippen LogP contribution in [0.2, 0.25) is 5.02 Å². The first-order valence-electron chi connectivity index (χ1n) is 7.34. The van der Waals surface area contributed by atoms with Crippen LogP contribution >= 0.6 is 11.6 Å². The largest absolute Gasteiger partial charge is 0.332 e. The number of imidazole rings is 1. The molecule has 118 valence electrons. The molecule has 23 heavy (non-hydrogen) atoms. The van der Waals surface area contributed by atoms with E-state index in [0.717, 1.165) is 16.9 Å². The molecule has 2 amide bonds. The molecule has 2 N–H and O–H groups in total. The van der Waals surface area contributed by atoms with Crippen LogP contribution in [0.25, 0.3) is 5.65 Å². The van der Waals surface area contributed by atoms with E-state index in [1.54, 1.807) is 12.3 Å². The number of nitrogens with zero attached hydrogens (tertiary/aromatic N) is 2. The minimum absolute atomic E-state index is 0.0592. The zero-order valence-electron chi connectivity index (χ0n) is 12.7. The summed E-state index contributed by atoms with van der Waals surface area (Å²) in [6, 6.07) is 13.2.